The van der Waals surface area contributed by atoms with Crippen LogP contribution in [0.3, 0.4) is 0 Å². The fraction of sp³-hybridized carbons (Fsp3) is 0.208. The van der Waals surface area contributed by atoms with Crippen LogP contribution in [0, 0.1) is 10.1 Å². The van der Waals surface area contributed by atoms with Gasteiger partial charge in [0.25, 0.3) is 17.5 Å². The summed E-state index contributed by atoms with van der Waals surface area (Å²) < 4.78 is 10.8. The maximum atomic E-state index is 13.0. The first kappa shape index (κ1) is 25.3. The molecule has 10 nitrogen and oxygen atoms in total. The third-order valence-electron chi connectivity index (χ3n) is 5.50. The first-order chi connectivity index (χ1) is 17.3. The van der Waals surface area contributed by atoms with Crippen LogP contribution in [0.15, 0.2) is 76.3 Å². The second-order valence-electron chi connectivity index (χ2n) is 7.81. The summed E-state index contributed by atoms with van der Waals surface area (Å²) in [6.07, 6.45) is 0. The van der Waals surface area contributed by atoms with Crippen LogP contribution < -0.4 is 10.1 Å². The number of allylic oxidation sites excluding steroid dienone is 1. The van der Waals surface area contributed by atoms with Crippen LogP contribution in [-0.2, 0) is 25.7 Å². The van der Waals surface area contributed by atoms with Gasteiger partial charge in [-0.1, -0.05) is 41.6 Å². The lowest BCUT2D eigenvalue weighted by atomic mass is 10.0. The summed E-state index contributed by atoms with van der Waals surface area (Å²) >= 11 is 7.21. The number of fused-ring (bicyclic) bond motifs is 1. The Kier molecular flexibility index (Phi) is 7.61. The minimum Gasteiger partial charge on any atom is -0.484 e. The molecular weight excluding hydrogens is 510 g/mol. The van der Waals surface area contributed by atoms with Gasteiger partial charge in [0.1, 0.15) is 29.5 Å². The van der Waals surface area contributed by atoms with Crippen LogP contribution in [-0.4, -0.2) is 45.6 Å². The number of non-ortho nitro benzene ring substituents is 1. The Morgan fingerprint density at radius 1 is 1.19 bits per heavy atom. The Morgan fingerprint density at radius 3 is 2.53 bits per heavy atom. The number of esters is 1. The SMILES string of the molecule is CC1=C(C(=O)OCc2ccc([N+](=O)[O-])cc2)N2C(=O)C(NC(=O)COc3ccccc3)[C@H]2SC1=CCl. The number of nitrogens with zero attached hydrogens (tertiary/aromatic N) is 2. The molecule has 36 heavy (non-hydrogen) atoms. The Hall–Kier alpha value is -3.83. The molecule has 2 aliphatic rings. The number of amides is 2. The van der Waals surface area contributed by atoms with E-state index in [1.165, 1.54) is 46.5 Å². The molecule has 1 fully saturated rings. The fourth-order valence-corrected chi connectivity index (χ4v) is 5.18. The number of nitro groups is 1. The molecule has 2 atom stereocenters. The quantitative estimate of drug-likeness (QED) is 0.238. The Labute approximate surface area is 215 Å². The highest BCUT2D eigenvalue weighted by Gasteiger charge is 2.55. The van der Waals surface area contributed by atoms with Crippen LogP contribution in [0.4, 0.5) is 5.69 Å². The number of thioether (sulfide) groups is 1. The molecule has 0 saturated carbocycles. The second-order valence-corrected chi connectivity index (χ2v) is 9.19. The van der Waals surface area contributed by atoms with Gasteiger partial charge in [-0.2, -0.15) is 0 Å². The van der Waals surface area contributed by atoms with Crippen molar-refractivity contribution in [2.75, 3.05) is 6.61 Å². The van der Waals surface area contributed by atoms with Crippen LogP contribution in [0.5, 0.6) is 5.75 Å². The minimum absolute atomic E-state index is 0.0311. The van der Waals surface area contributed by atoms with Crippen molar-refractivity contribution in [2.24, 2.45) is 0 Å². The van der Waals surface area contributed by atoms with Gasteiger partial charge < -0.3 is 14.8 Å². The number of carbonyl (C=O) groups excluding carboxylic acids is 3. The number of nitrogens with one attached hydrogen (secondary N) is 1. The highest BCUT2D eigenvalue weighted by atomic mass is 35.5. The molecular formula is C24H20ClN3O7S. The van der Waals surface area contributed by atoms with Crippen molar-refractivity contribution in [3.63, 3.8) is 0 Å². The fourth-order valence-electron chi connectivity index (χ4n) is 3.64. The molecule has 2 aromatic rings. The summed E-state index contributed by atoms with van der Waals surface area (Å²) in [5, 5.41) is 12.9. The van der Waals surface area contributed by atoms with Crippen molar-refractivity contribution in [3.05, 3.63) is 92.0 Å². The number of hydrogen-bond acceptors (Lipinski definition) is 8. The van der Waals surface area contributed by atoms with Crippen molar-refractivity contribution in [2.45, 2.75) is 24.9 Å². The molecule has 1 unspecified atom stereocenters. The van der Waals surface area contributed by atoms with Crippen LogP contribution in [0.25, 0.3) is 0 Å². The molecule has 0 radical (unpaired) electrons. The van der Waals surface area contributed by atoms with Gasteiger partial charge in [0.05, 0.1) is 4.92 Å². The average Bonchev–Trinajstić information content (AvgIpc) is 2.89. The number of benzene rings is 2. The van der Waals surface area contributed by atoms with E-state index in [1.54, 1.807) is 31.2 Å². The van der Waals surface area contributed by atoms with E-state index >= 15 is 0 Å². The van der Waals surface area contributed by atoms with E-state index in [0.717, 1.165) is 0 Å². The van der Waals surface area contributed by atoms with Gasteiger partial charge in [-0.15, -0.1) is 0 Å². The number of carbonyl (C=O) groups is 3. The summed E-state index contributed by atoms with van der Waals surface area (Å²) in [5.74, 6) is -1.18. The molecule has 2 aromatic carbocycles. The first-order valence-corrected chi connectivity index (χ1v) is 12.0. The van der Waals surface area contributed by atoms with Crippen molar-refractivity contribution in [1.29, 1.82) is 0 Å². The number of nitro benzene ring substituents is 1. The second kappa shape index (κ2) is 10.8. The van der Waals surface area contributed by atoms with Crippen molar-refractivity contribution >= 4 is 46.8 Å². The zero-order chi connectivity index (χ0) is 25.8. The van der Waals surface area contributed by atoms with E-state index in [0.29, 0.717) is 21.8 Å². The highest BCUT2D eigenvalue weighted by molar-refractivity contribution is 8.04. The molecule has 1 saturated heterocycles. The van der Waals surface area contributed by atoms with E-state index in [9.17, 15) is 24.5 Å². The van der Waals surface area contributed by atoms with Gasteiger partial charge in [-0.3, -0.25) is 24.6 Å². The largest absolute Gasteiger partial charge is 0.484 e. The zero-order valence-electron chi connectivity index (χ0n) is 18.9. The Balaban J connectivity index is 1.42. The third kappa shape index (κ3) is 5.21. The lowest BCUT2D eigenvalue weighted by Gasteiger charge is -2.49. The number of β-lactam (4-membered cyclic amide) rings is 1. The third-order valence-corrected chi connectivity index (χ3v) is 7.25. The lowest BCUT2D eigenvalue weighted by molar-refractivity contribution is -0.384. The standard InChI is InChI=1S/C24H20ClN3O7S/c1-14-18(11-25)36-23-20(26-19(29)13-34-17-5-3-2-4-6-17)22(30)27(23)21(14)24(31)35-12-15-7-9-16(10-8-15)28(32)33/h2-11,20,23H,12-13H2,1H3,(H,26,29)/t20?,23-/m1/s1. The summed E-state index contributed by atoms with van der Waals surface area (Å²) in [6.45, 7) is 1.22. The molecule has 186 valence electrons. The Morgan fingerprint density at radius 2 is 1.89 bits per heavy atom. The average molecular weight is 530 g/mol. The Bertz CT molecular complexity index is 1260. The zero-order valence-corrected chi connectivity index (χ0v) is 20.5. The summed E-state index contributed by atoms with van der Waals surface area (Å²) in [4.78, 5) is 50.4. The maximum Gasteiger partial charge on any atom is 0.355 e. The van der Waals surface area contributed by atoms with Crippen LogP contribution >= 0.6 is 23.4 Å². The monoisotopic (exact) mass is 529 g/mol. The van der Waals surface area contributed by atoms with E-state index < -0.39 is 34.1 Å². The maximum absolute atomic E-state index is 13.0. The number of rotatable bonds is 8. The predicted molar refractivity (Wildman–Crippen MR) is 132 cm³/mol. The molecule has 2 amide bonds. The normalized spacial score (nSPS) is 19.9. The van der Waals surface area contributed by atoms with Crippen molar-refractivity contribution in [1.82, 2.24) is 10.2 Å². The number of halogens is 1. The van der Waals surface area contributed by atoms with E-state index in [-0.39, 0.29) is 24.6 Å². The minimum atomic E-state index is -0.876. The molecule has 4 rings (SSSR count). The van der Waals surface area contributed by atoms with Gasteiger partial charge in [0, 0.05) is 22.6 Å². The van der Waals surface area contributed by atoms with Gasteiger partial charge in [0.15, 0.2) is 6.61 Å². The number of hydrogen-bond donors (Lipinski definition) is 1. The highest BCUT2D eigenvalue weighted by Crippen LogP contribution is 2.46. The molecule has 0 bridgehead atoms. The van der Waals surface area contributed by atoms with Gasteiger partial charge in [-0.25, -0.2) is 4.79 Å². The van der Waals surface area contributed by atoms with Gasteiger partial charge in [0.2, 0.25) is 0 Å². The van der Waals surface area contributed by atoms with Crippen molar-refractivity contribution < 1.29 is 28.8 Å². The van der Waals surface area contributed by atoms with Gasteiger partial charge in [-0.05, 0) is 42.3 Å². The molecule has 0 spiro atoms. The molecule has 12 heteroatoms. The number of ether oxygens (including phenoxy) is 2. The molecule has 0 aromatic heterocycles. The molecule has 0 aliphatic carbocycles. The van der Waals surface area contributed by atoms with Gasteiger partial charge >= 0.3 is 5.97 Å². The topological polar surface area (TPSA) is 128 Å². The van der Waals surface area contributed by atoms with Crippen molar-refractivity contribution in [3.8, 4) is 5.75 Å². The summed E-state index contributed by atoms with van der Waals surface area (Å²) in [6, 6.07) is 13.5. The van der Waals surface area contributed by atoms with E-state index in [1.807, 2.05) is 6.07 Å². The summed E-state index contributed by atoms with van der Waals surface area (Å²) in [5.41, 5.74) is 2.26. The van der Waals surface area contributed by atoms with Crippen LogP contribution in [0.1, 0.15) is 12.5 Å². The lowest BCUT2D eigenvalue weighted by Crippen LogP contribution is -2.70. The molecule has 2 aliphatic heterocycles. The van der Waals surface area contributed by atoms with E-state index in [2.05, 4.69) is 5.32 Å². The first-order valence-electron chi connectivity index (χ1n) is 10.7. The summed E-state index contributed by atoms with van der Waals surface area (Å²) in [7, 11) is 0. The van der Waals surface area contributed by atoms with Crippen LogP contribution in [0.2, 0.25) is 0 Å². The molecule has 2 heterocycles. The predicted octanol–water partition coefficient (Wildman–Crippen LogP) is 3.47. The smallest absolute Gasteiger partial charge is 0.355 e. The molecule has 1 N–H and O–H groups in total. The van der Waals surface area contributed by atoms with E-state index in [4.69, 9.17) is 21.1 Å². The number of para-hydroxylation sites is 1.